The molecular formula is C14H20N2O7. The molecule has 0 aromatic heterocycles. The Balaban J connectivity index is 2.29. The number of hydroxylamine groups is 2. The molecule has 0 saturated carbocycles. The molecule has 2 amide bonds. The van der Waals surface area contributed by atoms with Crippen LogP contribution in [0.15, 0.2) is 12.7 Å². The Hall–Kier alpha value is -2.26. The van der Waals surface area contributed by atoms with E-state index in [1.807, 2.05) is 0 Å². The third-order valence-electron chi connectivity index (χ3n) is 2.82. The van der Waals surface area contributed by atoms with Crippen molar-refractivity contribution < 1.29 is 33.5 Å². The van der Waals surface area contributed by atoms with Crippen molar-refractivity contribution in [3.8, 4) is 0 Å². The summed E-state index contributed by atoms with van der Waals surface area (Å²) in [6.07, 6.45) is 0.945. The number of hydrogen-bond donors (Lipinski definition) is 1. The van der Waals surface area contributed by atoms with Crippen molar-refractivity contribution in [1.29, 1.82) is 0 Å². The summed E-state index contributed by atoms with van der Waals surface area (Å²) in [4.78, 5) is 50.0. The van der Waals surface area contributed by atoms with E-state index in [-0.39, 0.29) is 32.7 Å². The van der Waals surface area contributed by atoms with E-state index < -0.39 is 29.4 Å². The van der Waals surface area contributed by atoms with Crippen LogP contribution in [-0.2, 0) is 33.5 Å². The number of hydrogen-bond acceptors (Lipinski definition) is 8. The number of imide groups is 1. The van der Waals surface area contributed by atoms with Crippen LogP contribution < -0.4 is 5.32 Å². The summed E-state index contributed by atoms with van der Waals surface area (Å²) in [5, 5.41) is 3.17. The summed E-state index contributed by atoms with van der Waals surface area (Å²) >= 11 is 0. The molecule has 9 nitrogen and oxygen atoms in total. The van der Waals surface area contributed by atoms with Gasteiger partial charge < -0.3 is 14.3 Å². The van der Waals surface area contributed by atoms with Gasteiger partial charge in [-0.15, -0.1) is 5.06 Å². The summed E-state index contributed by atoms with van der Waals surface area (Å²) in [6, 6.07) is 0. The zero-order valence-electron chi connectivity index (χ0n) is 13.1. The number of carbonyl (C=O) groups is 4. The maximum Gasteiger partial charge on any atom is 0.336 e. The predicted molar refractivity (Wildman–Crippen MR) is 76.1 cm³/mol. The average Bonchev–Trinajstić information content (AvgIpc) is 2.77. The van der Waals surface area contributed by atoms with Crippen LogP contribution >= 0.6 is 0 Å². The molecule has 1 N–H and O–H groups in total. The molecule has 0 atom stereocenters. The van der Waals surface area contributed by atoms with Gasteiger partial charge in [0, 0.05) is 18.9 Å². The smallest absolute Gasteiger partial charge is 0.336 e. The van der Waals surface area contributed by atoms with Crippen LogP contribution in [0.3, 0.4) is 0 Å². The molecule has 0 aromatic rings. The highest BCUT2D eigenvalue weighted by Gasteiger charge is 2.34. The van der Waals surface area contributed by atoms with E-state index >= 15 is 0 Å². The Morgan fingerprint density at radius 3 is 2.43 bits per heavy atom. The molecule has 0 bridgehead atoms. The molecule has 0 unspecified atom stereocenters. The number of amides is 2. The quantitative estimate of drug-likeness (QED) is 0.207. The lowest BCUT2D eigenvalue weighted by Crippen LogP contribution is -2.37. The number of nitrogens with one attached hydrogen (secondary N) is 1. The van der Waals surface area contributed by atoms with Gasteiger partial charge in [0.1, 0.15) is 6.73 Å². The molecule has 1 fully saturated rings. The summed E-state index contributed by atoms with van der Waals surface area (Å²) in [6.45, 7) is 6.48. The van der Waals surface area contributed by atoms with Crippen molar-refractivity contribution in [3.63, 3.8) is 0 Å². The van der Waals surface area contributed by atoms with Crippen LogP contribution in [0.2, 0.25) is 0 Å². The minimum absolute atomic E-state index is 0.0201. The standard InChI is InChI=1S/C14H20N2O7/c1-4-12(19)21-8-15-9-22-14(2,3)7-13(20)23-16-10(17)5-6-11(16)18/h4,15H,1,5-9H2,2-3H3. The minimum atomic E-state index is -0.904. The fraction of sp³-hybridized carbons (Fsp3) is 0.571. The minimum Gasteiger partial charge on any atom is -0.447 e. The van der Waals surface area contributed by atoms with Gasteiger partial charge in [0.05, 0.1) is 18.8 Å². The lowest BCUT2D eigenvalue weighted by atomic mass is 10.1. The van der Waals surface area contributed by atoms with Crippen LogP contribution in [0.1, 0.15) is 33.1 Å². The first-order valence-corrected chi connectivity index (χ1v) is 6.95. The van der Waals surface area contributed by atoms with E-state index in [4.69, 9.17) is 9.57 Å². The van der Waals surface area contributed by atoms with Crippen molar-refractivity contribution in [3.05, 3.63) is 12.7 Å². The monoisotopic (exact) mass is 328 g/mol. The second kappa shape index (κ2) is 8.39. The van der Waals surface area contributed by atoms with Crippen LogP contribution in [0.25, 0.3) is 0 Å². The van der Waals surface area contributed by atoms with E-state index in [2.05, 4.69) is 16.6 Å². The molecule has 128 valence electrons. The predicted octanol–water partition coefficient (Wildman–Crippen LogP) is 0.0127. The van der Waals surface area contributed by atoms with Gasteiger partial charge in [-0.3, -0.25) is 14.9 Å². The van der Waals surface area contributed by atoms with Crippen molar-refractivity contribution in [2.24, 2.45) is 0 Å². The highest BCUT2D eigenvalue weighted by atomic mass is 16.7. The second-order valence-electron chi connectivity index (χ2n) is 5.33. The first-order valence-electron chi connectivity index (χ1n) is 6.95. The number of carbonyl (C=O) groups excluding carboxylic acids is 4. The summed E-state index contributed by atoms with van der Waals surface area (Å²) in [5.41, 5.74) is -0.904. The van der Waals surface area contributed by atoms with Gasteiger partial charge in [0.25, 0.3) is 11.8 Å². The SMILES string of the molecule is C=CC(=O)OCNCOC(C)(C)CC(=O)ON1C(=O)CCC1=O. The molecule has 0 radical (unpaired) electrons. The number of nitrogens with zero attached hydrogens (tertiary/aromatic N) is 1. The Labute approximate surface area is 133 Å². The van der Waals surface area contributed by atoms with E-state index in [9.17, 15) is 19.2 Å². The second-order valence-corrected chi connectivity index (χ2v) is 5.33. The first-order chi connectivity index (χ1) is 10.7. The average molecular weight is 328 g/mol. The van der Waals surface area contributed by atoms with Crippen molar-refractivity contribution in [2.45, 2.75) is 38.7 Å². The van der Waals surface area contributed by atoms with E-state index in [1.165, 1.54) is 0 Å². The molecule has 1 aliphatic rings. The van der Waals surface area contributed by atoms with Gasteiger partial charge in [0.2, 0.25) is 0 Å². The fourth-order valence-corrected chi connectivity index (χ4v) is 1.66. The van der Waals surface area contributed by atoms with Crippen LogP contribution in [0.4, 0.5) is 0 Å². The summed E-state index contributed by atoms with van der Waals surface area (Å²) in [7, 11) is 0. The molecule has 1 rings (SSSR count). The van der Waals surface area contributed by atoms with Crippen molar-refractivity contribution >= 4 is 23.8 Å². The van der Waals surface area contributed by atoms with Crippen molar-refractivity contribution in [2.75, 3.05) is 13.5 Å². The third-order valence-corrected chi connectivity index (χ3v) is 2.82. The van der Waals surface area contributed by atoms with Crippen LogP contribution in [0, 0.1) is 0 Å². The topological polar surface area (TPSA) is 111 Å². The lowest BCUT2D eigenvalue weighted by Gasteiger charge is -2.25. The van der Waals surface area contributed by atoms with Gasteiger partial charge in [-0.25, -0.2) is 9.59 Å². The third kappa shape index (κ3) is 6.57. The maximum atomic E-state index is 11.8. The largest absolute Gasteiger partial charge is 0.447 e. The molecule has 0 spiro atoms. The van der Waals surface area contributed by atoms with Gasteiger partial charge in [-0.2, -0.15) is 0 Å². The molecule has 1 heterocycles. The van der Waals surface area contributed by atoms with Crippen LogP contribution in [0.5, 0.6) is 0 Å². The van der Waals surface area contributed by atoms with E-state index in [1.54, 1.807) is 13.8 Å². The van der Waals surface area contributed by atoms with Crippen molar-refractivity contribution in [1.82, 2.24) is 10.4 Å². The van der Waals surface area contributed by atoms with Crippen LogP contribution in [-0.4, -0.2) is 47.9 Å². The molecule has 1 saturated heterocycles. The molecule has 0 aromatic carbocycles. The molecule has 9 heteroatoms. The van der Waals surface area contributed by atoms with Gasteiger partial charge in [-0.05, 0) is 13.8 Å². The molecule has 23 heavy (non-hydrogen) atoms. The van der Waals surface area contributed by atoms with Gasteiger partial charge in [0.15, 0.2) is 0 Å². The number of esters is 1. The highest BCUT2D eigenvalue weighted by Crippen LogP contribution is 2.18. The summed E-state index contributed by atoms with van der Waals surface area (Å²) < 4.78 is 10.1. The number of rotatable bonds is 9. The van der Waals surface area contributed by atoms with Gasteiger partial charge in [-0.1, -0.05) is 6.58 Å². The normalized spacial score (nSPS) is 14.8. The molecule has 0 aliphatic carbocycles. The Kier molecular flexibility index (Phi) is 6.86. The first kappa shape index (κ1) is 18.8. The van der Waals surface area contributed by atoms with E-state index in [0.717, 1.165) is 6.08 Å². The Morgan fingerprint density at radius 1 is 1.26 bits per heavy atom. The lowest BCUT2D eigenvalue weighted by molar-refractivity contribution is -0.201. The highest BCUT2D eigenvalue weighted by molar-refractivity contribution is 6.01. The summed E-state index contributed by atoms with van der Waals surface area (Å²) in [5.74, 6) is -2.39. The Morgan fingerprint density at radius 2 is 1.87 bits per heavy atom. The number of ether oxygens (including phenoxy) is 2. The molecular weight excluding hydrogens is 308 g/mol. The molecule has 1 aliphatic heterocycles. The maximum absolute atomic E-state index is 11.8. The van der Waals surface area contributed by atoms with Gasteiger partial charge >= 0.3 is 11.9 Å². The zero-order valence-corrected chi connectivity index (χ0v) is 13.1. The zero-order chi connectivity index (χ0) is 17.5. The van der Waals surface area contributed by atoms with E-state index in [0.29, 0.717) is 5.06 Å². The fourth-order valence-electron chi connectivity index (χ4n) is 1.66. The Bertz CT molecular complexity index is 485.